The molecule has 0 aliphatic carbocycles. The Hall–Kier alpha value is -2.69. The van der Waals surface area contributed by atoms with Crippen LogP contribution in [0.4, 0.5) is 5.69 Å². The Labute approximate surface area is 161 Å². The number of amides is 1. The van der Waals surface area contributed by atoms with Gasteiger partial charge in [-0.05, 0) is 43.2 Å². The third kappa shape index (κ3) is 4.94. The Bertz CT molecular complexity index is 776. The Morgan fingerprint density at radius 3 is 2.70 bits per heavy atom. The molecule has 0 N–H and O–H groups in total. The van der Waals surface area contributed by atoms with Gasteiger partial charge in [0.15, 0.2) is 0 Å². The van der Waals surface area contributed by atoms with Crippen LogP contribution in [0.1, 0.15) is 23.2 Å². The number of benzene rings is 2. The average molecular weight is 368 g/mol. The van der Waals surface area contributed by atoms with Gasteiger partial charge in [-0.15, -0.1) is 0 Å². The van der Waals surface area contributed by atoms with Gasteiger partial charge < -0.3 is 19.3 Å². The normalized spacial score (nSPS) is 16.7. The molecule has 1 amide bonds. The first kappa shape index (κ1) is 19.1. The van der Waals surface area contributed by atoms with E-state index in [1.807, 2.05) is 72.4 Å². The van der Waals surface area contributed by atoms with Crippen LogP contribution in [0.15, 0.2) is 48.5 Å². The first-order valence-electron chi connectivity index (χ1n) is 9.40. The van der Waals surface area contributed by atoms with Crippen molar-refractivity contribution in [2.45, 2.75) is 12.8 Å². The number of rotatable bonds is 6. The second-order valence-electron chi connectivity index (χ2n) is 7.19. The number of piperidine rings is 1. The molecule has 1 aliphatic heterocycles. The van der Waals surface area contributed by atoms with Crippen molar-refractivity contribution < 1.29 is 14.3 Å². The molecule has 1 saturated heterocycles. The summed E-state index contributed by atoms with van der Waals surface area (Å²) >= 11 is 0. The quantitative estimate of drug-likeness (QED) is 0.780. The third-order valence-electron chi connectivity index (χ3n) is 4.94. The SMILES string of the molecule is COc1cccc(OC[C@@H]2CCCN(C(=O)c3cccc(N(C)C)c3)C2)c1. The number of hydrogen-bond donors (Lipinski definition) is 0. The summed E-state index contributed by atoms with van der Waals surface area (Å²) in [5, 5.41) is 0. The molecule has 27 heavy (non-hydrogen) atoms. The topological polar surface area (TPSA) is 42.0 Å². The van der Waals surface area contributed by atoms with Crippen molar-refractivity contribution in [3.63, 3.8) is 0 Å². The maximum absolute atomic E-state index is 12.9. The van der Waals surface area contributed by atoms with E-state index in [9.17, 15) is 4.79 Å². The predicted molar refractivity (Wildman–Crippen MR) is 108 cm³/mol. The summed E-state index contributed by atoms with van der Waals surface area (Å²) in [6, 6.07) is 15.4. The molecule has 0 saturated carbocycles. The molecule has 0 unspecified atom stereocenters. The van der Waals surface area contributed by atoms with Gasteiger partial charge in [0.1, 0.15) is 11.5 Å². The first-order valence-corrected chi connectivity index (χ1v) is 9.40. The van der Waals surface area contributed by atoms with Gasteiger partial charge in [-0.1, -0.05) is 12.1 Å². The summed E-state index contributed by atoms with van der Waals surface area (Å²) < 4.78 is 11.2. The van der Waals surface area contributed by atoms with E-state index in [2.05, 4.69) is 0 Å². The lowest BCUT2D eigenvalue weighted by atomic mass is 9.98. The molecule has 5 nitrogen and oxygen atoms in total. The van der Waals surface area contributed by atoms with Crippen molar-refractivity contribution in [2.75, 3.05) is 45.8 Å². The highest BCUT2D eigenvalue weighted by molar-refractivity contribution is 5.95. The Kier molecular flexibility index (Phi) is 6.22. The van der Waals surface area contributed by atoms with Gasteiger partial charge in [0.25, 0.3) is 5.91 Å². The molecule has 2 aromatic carbocycles. The maximum atomic E-state index is 12.9. The van der Waals surface area contributed by atoms with Gasteiger partial charge in [-0.3, -0.25) is 4.79 Å². The lowest BCUT2D eigenvalue weighted by Crippen LogP contribution is -2.41. The highest BCUT2D eigenvalue weighted by atomic mass is 16.5. The highest BCUT2D eigenvalue weighted by Crippen LogP contribution is 2.23. The summed E-state index contributed by atoms with van der Waals surface area (Å²) in [4.78, 5) is 16.9. The van der Waals surface area contributed by atoms with Crippen LogP contribution in [0.2, 0.25) is 0 Å². The highest BCUT2D eigenvalue weighted by Gasteiger charge is 2.25. The van der Waals surface area contributed by atoms with Crippen LogP contribution >= 0.6 is 0 Å². The number of hydrogen-bond acceptors (Lipinski definition) is 4. The molecule has 2 aromatic rings. The van der Waals surface area contributed by atoms with Crippen molar-refractivity contribution in [3.05, 3.63) is 54.1 Å². The standard InChI is InChI=1S/C22H28N2O3/c1-23(2)19-9-4-8-18(13-19)22(25)24-12-6-7-17(15-24)16-27-21-11-5-10-20(14-21)26-3/h4-5,8-11,13-14,17H,6-7,12,15-16H2,1-3H3/t17-/m1/s1. The second-order valence-corrected chi connectivity index (χ2v) is 7.19. The smallest absolute Gasteiger partial charge is 0.253 e. The minimum Gasteiger partial charge on any atom is -0.497 e. The van der Waals surface area contributed by atoms with Crippen molar-refractivity contribution >= 4 is 11.6 Å². The van der Waals surface area contributed by atoms with Crippen LogP contribution in [-0.4, -0.2) is 51.7 Å². The van der Waals surface area contributed by atoms with E-state index in [1.54, 1.807) is 7.11 Å². The predicted octanol–water partition coefficient (Wildman–Crippen LogP) is 3.69. The molecule has 0 bridgehead atoms. The van der Waals surface area contributed by atoms with E-state index in [4.69, 9.17) is 9.47 Å². The third-order valence-corrected chi connectivity index (χ3v) is 4.94. The molecule has 5 heteroatoms. The zero-order valence-electron chi connectivity index (χ0n) is 16.4. The first-order chi connectivity index (χ1) is 13.1. The van der Waals surface area contributed by atoms with Crippen molar-refractivity contribution in [1.29, 1.82) is 0 Å². The molecule has 1 fully saturated rings. The molecule has 3 rings (SSSR count). The molecule has 1 heterocycles. The van der Waals surface area contributed by atoms with Gasteiger partial charge in [0.2, 0.25) is 0 Å². The van der Waals surface area contributed by atoms with Crippen LogP contribution in [0.5, 0.6) is 11.5 Å². The van der Waals surface area contributed by atoms with E-state index in [0.29, 0.717) is 12.5 Å². The van der Waals surface area contributed by atoms with Crippen molar-refractivity contribution in [3.8, 4) is 11.5 Å². The number of nitrogens with zero attached hydrogens (tertiary/aromatic N) is 2. The fourth-order valence-corrected chi connectivity index (χ4v) is 3.39. The summed E-state index contributed by atoms with van der Waals surface area (Å²) in [6.07, 6.45) is 2.08. The number of anilines is 1. The lowest BCUT2D eigenvalue weighted by Gasteiger charge is -2.33. The van der Waals surface area contributed by atoms with Crippen LogP contribution in [0.3, 0.4) is 0 Å². The second kappa shape index (κ2) is 8.80. The molecule has 0 aromatic heterocycles. The van der Waals surface area contributed by atoms with Crippen molar-refractivity contribution in [1.82, 2.24) is 4.90 Å². The minimum atomic E-state index is 0.102. The van der Waals surface area contributed by atoms with Gasteiger partial charge in [-0.2, -0.15) is 0 Å². The minimum absolute atomic E-state index is 0.102. The van der Waals surface area contributed by atoms with Gasteiger partial charge >= 0.3 is 0 Å². The molecular weight excluding hydrogens is 340 g/mol. The zero-order chi connectivity index (χ0) is 19.2. The molecule has 144 valence electrons. The monoisotopic (exact) mass is 368 g/mol. The van der Waals surface area contributed by atoms with Gasteiger partial charge in [-0.25, -0.2) is 0 Å². The van der Waals surface area contributed by atoms with Crippen LogP contribution in [0.25, 0.3) is 0 Å². The van der Waals surface area contributed by atoms with E-state index in [1.165, 1.54) is 0 Å². The molecule has 1 aliphatic rings. The summed E-state index contributed by atoms with van der Waals surface area (Å²) in [5.41, 5.74) is 1.78. The van der Waals surface area contributed by atoms with Gasteiger partial charge in [0, 0.05) is 50.4 Å². The maximum Gasteiger partial charge on any atom is 0.253 e. The average Bonchev–Trinajstić information content (AvgIpc) is 2.72. The molecular formula is C22H28N2O3. The van der Waals surface area contributed by atoms with Crippen LogP contribution in [0, 0.1) is 5.92 Å². The molecule has 1 atom stereocenters. The van der Waals surface area contributed by atoms with Crippen LogP contribution < -0.4 is 14.4 Å². The van der Waals surface area contributed by atoms with E-state index < -0.39 is 0 Å². The Morgan fingerprint density at radius 2 is 1.93 bits per heavy atom. The van der Waals surface area contributed by atoms with E-state index in [0.717, 1.165) is 48.7 Å². The van der Waals surface area contributed by atoms with Crippen LogP contribution in [-0.2, 0) is 0 Å². The summed E-state index contributed by atoms with van der Waals surface area (Å²) in [7, 11) is 5.61. The fourth-order valence-electron chi connectivity index (χ4n) is 3.39. The lowest BCUT2D eigenvalue weighted by molar-refractivity contribution is 0.0633. The number of carbonyl (C=O) groups excluding carboxylic acids is 1. The van der Waals surface area contributed by atoms with Crippen molar-refractivity contribution in [2.24, 2.45) is 5.92 Å². The number of methoxy groups -OCH3 is 1. The summed E-state index contributed by atoms with van der Waals surface area (Å²) in [6.45, 7) is 2.14. The largest absolute Gasteiger partial charge is 0.497 e. The van der Waals surface area contributed by atoms with E-state index in [-0.39, 0.29) is 5.91 Å². The fraction of sp³-hybridized carbons (Fsp3) is 0.409. The number of likely N-dealkylation sites (tertiary alicyclic amines) is 1. The Balaban J connectivity index is 1.60. The molecule has 0 spiro atoms. The molecule has 0 radical (unpaired) electrons. The number of carbonyl (C=O) groups is 1. The van der Waals surface area contributed by atoms with Gasteiger partial charge in [0.05, 0.1) is 13.7 Å². The van der Waals surface area contributed by atoms with E-state index >= 15 is 0 Å². The summed E-state index contributed by atoms with van der Waals surface area (Å²) in [5.74, 6) is 2.03. The zero-order valence-corrected chi connectivity index (χ0v) is 16.4. The Morgan fingerprint density at radius 1 is 1.15 bits per heavy atom. The number of ether oxygens (including phenoxy) is 2.